The lowest BCUT2D eigenvalue weighted by Crippen LogP contribution is -2.43. The maximum atomic E-state index is 12.0. The Morgan fingerprint density at radius 1 is 1.10 bits per heavy atom. The van der Waals surface area contributed by atoms with Gasteiger partial charge in [0.05, 0.1) is 19.1 Å². The number of carbonyl (C=O) groups excluding carboxylic acids is 1. The van der Waals surface area contributed by atoms with Crippen molar-refractivity contribution in [2.75, 3.05) is 39.4 Å². The largest absolute Gasteiger partial charge is 0.481 e. The highest BCUT2D eigenvalue weighted by Crippen LogP contribution is 2.28. The highest BCUT2D eigenvalue weighted by atomic mass is 16.5. The molecule has 1 aliphatic heterocycles. The van der Waals surface area contributed by atoms with Crippen LogP contribution in [-0.2, 0) is 14.3 Å². The third-order valence-corrected chi connectivity index (χ3v) is 4.28. The zero-order chi connectivity index (χ0) is 14.4. The van der Waals surface area contributed by atoms with Crippen molar-refractivity contribution in [3.8, 4) is 0 Å². The van der Waals surface area contributed by atoms with E-state index in [1.165, 1.54) is 0 Å². The number of carboxylic acids is 1. The van der Waals surface area contributed by atoms with E-state index in [2.05, 4.69) is 10.2 Å². The van der Waals surface area contributed by atoms with E-state index in [1.54, 1.807) is 0 Å². The summed E-state index contributed by atoms with van der Waals surface area (Å²) in [7, 11) is 0. The quantitative estimate of drug-likeness (QED) is 0.760. The van der Waals surface area contributed by atoms with Gasteiger partial charge in [-0.2, -0.15) is 0 Å². The summed E-state index contributed by atoms with van der Waals surface area (Å²) in [4.78, 5) is 25.2. The molecule has 0 radical (unpaired) electrons. The third kappa shape index (κ3) is 4.45. The SMILES string of the molecule is O=C(O)C1CCC(C(=O)NCCN2CCOCC2)CC1. The van der Waals surface area contributed by atoms with Gasteiger partial charge in [-0.15, -0.1) is 0 Å². The highest BCUT2D eigenvalue weighted by Gasteiger charge is 2.29. The number of ether oxygens (including phenoxy) is 1. The number of carbonyl (C=O) groups is 2. The summed E-state index contributed by atoms with van der Waals surface area (Å²) < 4.78 is 5.27. The molecule has 2 aliphatic rings. The molecule has 0 spiro atoms. The molecule has 2 N–H and O–H groups in total. The molecule has 1 saturated heterocycles. The summed E-state index contributed by atoms with van der Waals surface area (Å²) in [6.07, 6.45) is 2.63. The first-order valence-corrected chi connectivity index (χ1v) is 7.47. The van der Waals surface area contributed by atoms with E-state index in [9.17, 15) is 9.59 Å². The predicted molar refractivity (Wildman–Crippen MR) is 73.4 cm³/mol. The fraction of sp³-hybridized carbons (Fsp3) is 0.857. The first-order valence-electron chi connectivity index (χ1n) is 7.47. The van der Waals surface area contributed by atoms with Gasteiger partial charge in [-0.1, -0.05) is 0 Å². The number of aliphatic carboxylic acids is 1. The van der Waals surface area contributed by atoms with Crippen LogP contribution in [-0.4, -0.2) is 61.3 Å². The van der Waals surface area contributed by atoms with E-state index in [4.69, 9.17) is 9.84 Å². The van der Waals surface area contributed by atoms with E-state index in [0.717, 1.165) is 32.8 Å². The first-order chi connectivity index (χ1) is 9.66. The van der Waals surface area contributed by atoms with Gasteiger partial charge in [0.2, 0.25) is 5.91 Å². The summed E-state index contributed by atoms with van der Waals surface area (Å²) in [5.41, 5.74) is 0. The molecule has 114 valence electrons. The van der Waals surface area contributed by atoms with E-state index >= 15 is 0 Å². The molecule has 1 aliphatic carbocycles. The molecular formula is C14H24N2O4. The number of carboxylic acid groups (broad SMARTS) is 1. The van der Waals surface area contributed by atoms with Gasteiger partial charge in [0.25, 0.3) is 0 Å². The minimum atomic E-state index is -0.726. The van der Waals surface area contributed by atoms with Crippen molar-refractivity contribution in [1.82, 2.24) is 10.2 Å². The monoisotopic (exact) mass is 284 g/mol. The van der Waals surface area contributed by atoms with Gasteiger partial charge >= 0.3 is 5.97 Å². The molecule has 0 aromatic rings. The molecular weight excluding hydrogens is 260 g/mol. The Balaban J connectivity index is 1.61. The van der Waals surface area contributed by atoms with Crippen LogP contribution in [0.4, 0.5) is 0 Å². The summed E-state index contributed by atoms with van der Waals surface area (Å²) in [5, 5.41) is 11.9. The Bertz CT molecular complexity index is 334. The maximum absolute atomic E-state index is 12.0. The standard InChI is InChI=1S/C14H24N2O4/c17-13(11-1-3-12(4-2-11)14(18)19)15-5-6-16-7-9-20-10-8-16/h11-12H,1-10H2,(H,15,17)(H,18,19). The smallest absolute Gasteiger partial charge is 0.306 e. The topological polar surface area (TPSA) is 78.9 Å². The van der Waals surface area contributed by atoms with Gasteiger partial charge in [-0.25, -0.2) is 0 Å². The summed E-state index contributed by atoms with van der Waals surface area (Å²) >= 11 is 0. The van der Waals surface area contributed by atoms with Crippen LogP contribution in [0.1, 0.15) is 25.7 Å². The van der Waals surface area contributed by atoms with Crippen molar-refractivity contribution in [2.24, 2.45) is 11.8 Å². The second kappa shape index (κ2) is 7.59. The molecule has 0 atom stereocenters. The lowest BCUT2D eigenvalue weighted by atomic mass is 9.81. The molecule has 1 saturated carbocycles. The molecule has 2 fully saturated rings. The van der Waals surface area contributed by atoms with Gasteiger partial charge in [0.1, 0.15) is 0 Å². The second-order valence-electron chi connectivity index (χ2n) is 5.63. The zero-order valence-corrected chi connectivity index (χ0v) is 11.8. The van der Waals surface area contributed by atoms with E-state index in [0.29, 0.717) is 32.2 Å². The molecule has 20 heavy (non-hydrogen) atoms. The molecule has 0 unspecified atom stereocenters. The van der Waals surface area contributed by atoms with E-state index < -0.39 is 5.97 Å². The Hall–Kier alpha value is -1.14. The van der Waals surface area contributed by atoms with Crippen LogP contribution in [0, 0.1) is 11.8 Å². The number of nitrogens with one attached hydrogen (secondary N) is 1. The number of hydrogen-bond donors (Lipinski definition) is 2. The predicted octanol–water partition coefficient (Wildman–Crippen LogP) is 0.326. The molecule has 0 aromatic heterocycles. The lowest BCUT2D eigenvalue weighted by Gasteiger charge is -2.28. The second-order valence-corrected chi connectivity index (χ2v) is 5.63. The van der Waals surface area contributed by atoms with Crippen molar-refractivity contribution in [1.29, 1.82) is 0 Å². The Labute approximate surface area is 119 Å². The van der Waals surface area contributed by atoms with Crippen molar-refractivity contribution in [2.45, 2.75) is 25.7 Å². The molecule has 2 rings (SSSR count). The fourth-order valence-corrected chi connectivity index (χ4v) is 2.91. The summed E-state index contributed by atoms with van der Waals surface area (Å²) in [6, 6.07) is 0. The number of hydrogen-bond acceptors (Lipinski definition) is 4. The summed E-state index contributed by atoms with van der Waals surface area (Å²) in [5.74, 6) is -0.902. The highest BCUT2D eigenvalue weighted by molar-refractivity contribution is 5.79. The van der Waals surface area contributed by atoms with Crippen LogP contribution in [0.25, 0.3) is 0 Å². The lowest BCUT2D eigenvalue weighted by molar-refractivity contribution is -0.144. The maximum Gasteiger partial charge on any atom is 0.306 e. The number of amides is 1. The van der Waals surface area contributed by atoms with Crippen molar-refractivity contribution in [3.05, 3.63) is 0 Å². The molecule has 1 heterocycles. The van der Waals surface area contributed by atoms with Gasteiger partial charge in [-0.05, 0) is 25.7 Å². The number of morpholine rings is 1. The van der Waals surface area contributed by atoms with Crippen LogP contribution in [0.15, 0.2) is 0 Å². The molecule has 0 aromatic carbocycles. The molecule has 0 bridgehead atoms. The van der Waals surface area contributed by atoms with Crippen molar-refractivity contribution >= 4 is 11.9 Å². The molecule has 1 amide bonds. The summed E-state index contributed by atoms with van der Waals surface area (Å²) in [6.45, 7) is 4.93. The van der Waals surface area contributed by atoms with Crippen LogP contribution in [0.3, 0.4) is 0 Å². The van der Waals surface area contributed by atoms with Gasteiger partial charge < -0.3 is 15.2 Å². The minimum absolute atomic E-state index is 0.00436. The minimum Gasteiger partial charge on any atom is -0.481 e. The van der Waals surface area contributed by atoms with Gasteiger partial charge in [0.15, 0.2) is 0 Å². The Morgan fingerprint density at radius 3 is 2.30 bits per heavy atom. The first kappa shape index (κ1) is 15.3. The third-order valence-electron chi connectivity index (χ3n) is 4.28. The molecule has 6 heteroatoms. The Kier molecular flexibility index (Phi) is 5.79. The number of rotatable bonds is 5. The van der Waals surface area contributed by atoms with Crippen LogP contribution in [0.5, 0.6) is 0 Å². The van der Waals surface area contributed by atoms with Gasteiger partial charge in [-0.3, -0.25) is 14.5 Å². The van der Waals surface area contributed by atoms with E-state index in [-0.39, 0.29) is 17.7 Å². The average molecular weight is 284 g/mol. The van der Waals surface area contributed by atoms with Crippen molar-refractivity contribution < 1.29 is 19.4 Å². The number of nitrogens with zero attached hydrogens (tertiary/aromatic N) is 1. The van der Waals surface area contributed by atoms with Crippen LogP contribution in [0.2, 0.25) is 0 Å². The normalized spacial score (nSPS) is 28.0. The average Bonchev–Trinajstić information content (AvgIpc) is 2.48. The van der Waals surface area contributed by atoms with Crippen molar-refractivity contribution in [3.63, 3.8) is 0 Å². The van der Waals surface area contributed by atoms with Crippen LogP contribution >= 0.6 is 0 Å². The van der Waals surface area contributed by atoms with Crippen LogP contribution < -0.4 is 5.32 Å². The zero-order valence-electron chi connectivity index (χ0n) is 11.8. The fourth-order valence-electron chi connectivity index (χ4n) is 2.91. The van der Waals surface area contributed by atoms with Gasteiger partial charge in [0, 0.05) is 32.1 Å². The Morgan fingerprint density at radius 2 is 1.70 bits per heavy atom. The molecule has 6 nitrogen and oxygen atoms in total. The van der Waals surface area contributed by atoms with E-state index in [1.807, 2.05) is 0 Å².